The van der Waals surface area contributed by atoms with Crippen molar-refractivity contribution in [1.82, 2.24) is 5.06 Å². The topological polar surface area (TPSA) is 65.1 Å². The molecule has 2 amide bonds. The molecule has 2 unspecified atom stereocenters. The number of hydrogen-bond donors (Lipinski definition) is 0. The molecule has 1 fully saturated rings. The summed E-state index contributed by atoms with van der Waals surface area (Å²) in [6.07, 6.45) is -0.481. The first-order chi connectivity index (χ1) is 12.9. The van der Waals surface area contributed by atoms with Crippen LogP contribution in [0.2, 0.25) is 10.0 Å². The first-order valence-corrected chi connectivity index (χ1v) is 9.03. The molecule has 2 heterocycles. The van der Waals surface area contributed by atoms with E-state index >= 15 is 0 Å². The van der Waals surface area contributed by atoms with Crippen molar-refractivity contribution in [3.63, 3.8) is 0 Å². The summed E-state index contributed by atoms with van der Waals surface area (Å²) in [5.74, 6) is -2.05. The third kappa shape index (κ3) is 3.24. The standard InChI is InChI=1S/C19H15Cl2NO5/c1-19(15-7-6-11(20)8-16(15)21)25-9-12(27-19)10-26-22-17(23)13-4-2-3-5-14(13)18(22)24/h2-8,12H,9-10H2,1H3. The fourth-order valence-corrected chi connectivity index (χ4v) is 3.74. The highest BCUT2D eigenvalue weighted by Crippen LogP contribution is 2.38. The quantitative estimate of drug-likeness (QED) is 0.720. The highest BCUT2D eigenvalue weighted by Gasteiger charge is 2.42. The van der Waals surface area contributed by atoms with E-state index in [9.17, 15) is 9.59 Å². The molecule has 6 nitrogen and oxygen atoms in total. The summed E-state index contributed by atoms with van der Waals surface area (Å²) in [5, 5.41) is 1.70. The molecule has 1 saturated heterocycles. The summed E-state index contributed by atoms with van der Waals surface area (Å²) in [7, 11) is 0. The molecule has 0 aliphatic carbocycles. The first-order valence-electron chi connectivity index (χ1n) is 8.27. The number of hydrogen-bond acceptors (Lipinski definition) is 5. The van der Waals surface area contributed by atoms with Gasteiger partial charge in [0.05, 0.1) is 22.8 Å². The summed E-state index contributed by atoms with van der Waals surface area (Å²) in [5.41, 5.74) is 1.28. The van der Waals surface area contributed by atoms with Gasteiger partial charge in [0.25, 0.3) is 11.8 Å². The predicted octanol–water partition coefficient (Wildman–Crippen LogP) is 3.81. The van der Waals surface area contributed by atoms with Crippen LogP contribution in [0.15, 0.2) is 42.5 Å². The molecule has 2 aliphatic rings. The number of amides is 2. The van der Waals surface area contributed by atoms with Crippen LogP contribution in [0.1, 0.15) is 33.2 Å². The molecule has 0 spiro atoms. The van der Waals surface area contributed by atoms with E-state index in [1.165, 1.54) is 0 Å². The van der Waals surface area contributed by atoms with Gasteiger partial charge in [-0.3, -0.25) is 14.4 Å². The van der Waals surface area contributed by atoms with Gasteiger partial charge in [-0.05, 0) is 31.2 Å². The number of benzene rings is 2. The van der Waals surface area contributed by atoms with Gasteiger partial charge >= 0.3 is 0 Å². The van der Waals surface area contributed by atoms with E-state index in [4.69, 9.17) is 37.5 Å². The second-order valence-electron chi connectivity index (χ2n) is 6.37. The van der Waals surface area contributed by atoms with Crippen LogP contribution in [-0.4, -0.2) is 36.2 Å². The lowest BCUT2D eigenvalue weighted by Crippen LogP contribution is -2.34. The summed E-state index contributed by atoms with van der Waals surface area (Å²) in [6.45, 7) is 1.94. The van der Waals surface area contributed by atoms with Crippen molar-refractivity contribution in [2.75, 3.05) is 13.2 Å². The monoisotopic (exact) mass is 407 g/mol. The van der Waals surface area contributed by atoms with Crippen molar-refractivity contribution in [1.29, 1.82) is 0 Å². The minimum Gasteiger partial charge on any atom is -0.343 e. The van der Waals surface area contributed by atoms with Gasteiger partial charge < -0.3 is 9.47 Å². The van der Waals surface area contributed by atoms with Crippen LogP contribution in [0.4, 0.5) is 0 Å². The Labute approximate surface area is 165 Å². The number of carbonyl (C=O) groups is 2. The zero-order chi connectivity index (χ0) is 19.2. The molecule has 0 aromatic heterocycles. The molecule has 0 N–H and O–H groups in total. The van der Waals surface area contributed by atoms with Crippen LogP contribution in [0.25, 0.3) is 0 Å². The molecule has 2 aliphatic heterocycles. The minimum atomic E-state index is -1.07. The zero-order valence-corrected chi connectivity index (χ0v) is 15.8. The average Bonchev–Trinajstić information content (AvgIpc) is 3.13. The Balaban J connectivity index is 1.42. The van der Waals surface area contributed by atoms with Crippen molar-refractivity contribution in [3.8, 4) is 0 Å². The van der Waals surface area contributed by atoms with Gasteiger partial charge in [0.2, 0.25) is 0 Å². The number of imide groups is 1. The third-order valence-electron chi connectivity index (χ3n) is 4.50. The number of ether oxygens (including phenoxy) is 2. The van der Waals surface area contributed by atoms with Gasteiger partial charge in [0, 0.05) is 10.6 Å². The summed E-state index contributed by atoms with van der Waals surface area (Å²) in [6, 6.07) is 11.6. The SMILES string of the molecule is CC1(c2ccc(Cl)cc2Cl)OCC(CON2C(=O)c3ccccc3C2=O)O1. The Hall–Kier alpha value is -1.96. The zero-order valence-electron chi connectivity index (χ0n) is 14.3. The van der Waals surface area contributed by atoms with Gasteiger partial charge in [0.15, 0.2) is 5.79 Å². The maximum atomic E-state index is 12.3. The van der Waals surface area contributed by atoms with Crippen molar-refractivity contribution >= 4 is 35.0 Å². The number of halogens is 2. The molecule has 0 saturated carbocycles. The molecule has 2 aromatic rings. The Morgan fingerprint density at radius 2 is 1.81 bits per heavy atom. The largest absolute Gasteiger partial charge is 0.343 e. The predicted molar refractivity (Wildman–Crippen MR) is 97.5 cm³/mol. The third-order valence-corrected chi connectivity index (χ3v) is 5.05. The van der Waals surface area contributed by atoms with Crippen molar-refractivity contribution in [2.24, 2.45) is 0 Å². The van der Waals surface area contributed by atoms with E-state index in [0.29, 0.717) is 26.7 Å². The maximum absolute atomic E-state index is 12.3. The fraction of sp³-hybridized carbons (Fsp3) is 0.263. The van der Waals surface area contributed by atoms with Gasteiger partial charge in [-0.1, -0.05) is 41.4 Å². The van der Waals surface area contributed by atoms with E-state index in [-0.39, 0.29) is 13.2 Å². The van der Waals surface area contributed by atoms with Gasteiger partial charge in [-0.25, -0.2) is 0 Å². The Morgan fingerprint density at radius 1 is 1.15 bits per heavy atom. The lowest BCUT2D eigenvalue weighted by atomic mass is 10.1. The Bertz CT molecular complexity index is 899. The summed E-state index contributed by atoms with van der Waals surface area (Å²) in [4.78, 5) is 30.1. The first kappa shape index (κ1) is 18.4. The second-order valence-corrected chi connectivity index (χ2v) is 7.21. The number of nitrogens with zero attached hydrogens (tertiary/aromatic N) is 1. The molecule has 2 aromatic carbocycles. The Kier molecular flexibility index (Phi) is 4.70. The van der Waals surface area contributed by atoms with E-state index in [2.05, 4.69) is 0 Å². The minimum absolute atomic E-state index is 0.0216. The van der Waals surface area contributed by atoms with E-state index < -0.39 is 23.7 Å². The van der Waals surface area contributed by atoms with Crippen molar-refractivity contribution in [2.45, 2.75) is 18.8 Å². The van der Waals surface area contributed by atoms with Crippen LogP contribution in [-0.2, 0) is 20.1 Å². The van der Waals surface area contributed by atoms with Crippen LogP contribution < -0.4 is 0 Å². The average molecular weight is 408 g/mol. The van der Waals surface area contributed by atoms with Crippen molar-refractivity contribution in [3.05, 3.63) is 69.2 Å². The highest BCUT2D eigenvalue weighted by atomic mass is 35.5. The van der Waals surface area contributed by atoms with Crippen LogP contribution in [0.5, 0.6) is 0 Å². The molecular weight excluding hydrogens is 393 g/mol. The number of rotatable bonds is 4. The molecule has 8 heteroatoms. The molecule has 140 valence electrons. The normalized spacial score (nSPS) is 24.6. The summed E-state index contributed by atoms with van der Waals surface area (Å²) >= 11 is 12.2. The molecule has 27 heavy (non-hydrogen) atoms. The van der Waals surface area contributed by atoms with E-state index in [0.717, 1.165) is 5.06 Å². The summed E-state index contributed by atoms with van der Waals surface area (Å²) < 4.78 is 11.7. The molecular formula is C19H15Cl2NO5. The number of carbonyl (C=O) groups excluding carboxylic acids is 2. The van der Waals surface area contributed by atoms with Gasteiger partial charge in [-0.15, -0.1) is 5.06 Å². The lowest BCUT2D eigenvalue weighted by molar-refractivity contribution is -0.179. The molecule has 4 rings (SSSR count). The molecule has 0 radical (unpaired) electrons. The maximum Gasteiger partial charge on any atom is 0.285 e. The van der Waals surface area contributed by atoms with Crippen LogP contribution in [0.3, 0.4) is 0 Å². The highest BCUT2D eigenvalue weighted by molar-refractivity contribution is 6.35. The lowest BCUT2D eigenvalue weighted by Gasteiger charge is -2.25. The van der Waals surface area contributed by atoms with Gasteiger partial charge in [-0.2, -0.15) is 0 Å². The Morgan fingerprint density at radius 3 is 2.44 bits per heavy atom. The second kappa shape index (κ2) is 6.89. The number of hydroxylamine groups is 2. The molecule has 2 atom stereocenters. The van der Waals surface area contributed by atoms with E-state index in [1.807, 2.05) is 0 Å². The van der Waals surface area contributed by atoms with E-state index in [1.54, 1.807) is 49.4 Å². The fourth-order valence-electron chi connectivity index (χ4n) is 3.16. The van der Waals surface area contributed by atoms with Gasteiger partial charge in [0.1, 0.15) is 12.7 Å². The van der Waals surface area contributed by atoms with Crippen molar-refractivity contribution < 1.29 is 23.9 Å². The van der Waals surface area contributed by atoms with Crippen LogP contribution >= 0.6 is 23.2 Å². The number of fused-ring (bicyclic) bond motifs is 1. The molecule has 0 bridgehead atoms. The smallest absolute Gasteiger partial charge is 0.285 e. The van der Waals surface area contributed by atoms with Crippen LogP contribution in [0, 0.1) is 0 Å².